The highest BCUT2D eigenvalue weighted by molar-refractivity contribution is 6.78. The molecule has 0 saturated heterocycles. The van der Waals surface area contributed by atoms with E-state index in [1.54, 1.807) is 4.90 Å². The van der Waals surface area contributed by atoms with E-state index in [0.717, 1.165) is 0 Å². The zero-order valence-corrected chi connectivity index (χ0v) is 16.5. The van der Waals surface area contributed by atoms with Gasteiger partial charge in [0.2, 0.25) is 0 Å². The summed E-state index contributed by atoms with van der Waals surface area (Å²) in [5, 5.41) is 0. The van der Waals surface area contributed by atoms with Crippen molar-refractivity contribution in [1.82, 2.24) is 4.90 Å². The van der Waals surface area contributed by atoms with Gasteiger partial charge in [0.05, 0.1) is 0 Å². The van der Waals surface area contributed by atoms with Crippen LogP contribution in [0.4, 0.5) is 4.79 Å². The van der Waals surface area contributed by atoms with Crippen molar-refractivity contribution < 1.29 is 9.53 Å². The molecule has 0 aromatic rings. The lowest BCUT2D eigenvalue weighted by molar-refractivity contribution is 0.0784. The van der Waals surface area contributed by atoms with Gasteiger partial charge in [-0.3, -0.25) is 0 Å². The Balaban J connectivity index is 5.23. The quantitative estimate of drug-likeness (QED) is 0.563. The van der Waals surface area contributed by atoms with Gasteiger partial charge in [-0.25, -0.2) is 4.79 Å². The molecule has 4 heteroatoms. The summed E-state index contributed by atoms with van der Waals surface area (Å²) < 4.78 is 5.77. The van der Waals surface area contributed by atoms with Crippen LogP contribution in [0, 0.1) is 17.3 Å². The van der Waals surface area contributed by atoms with Gasteiger partial charge >= 0.3 is 6.09 Å². The van der Waals surface area contributed by atoms with Crippen molar-refractivity contribution in [3.8, 4) is 11.8 Å². The fourth-order valence-corrected chi connectivity index (χ4v) is 2.84. The first-order valence-corrected chi connectivity index (χ1v) is 11.3. The van der Waals surface area contributed by atoms with E-state index in [2.05, 4.69) is 52.3 Å². The fourth-order valence-electron chi connectivity index (χ4n) is 1.88. The first-order valence-electron chi connectivity index (χ1n) is 7.77. The van der Waals surface area contributed by atoms with Gasteiger partial charge in [0.25, 0.3) is 0 Å². The fraction of sp³-hybridized carbons (Fsp3) is 0.824. The molecule has 1 unspecified atom stereocenters. The van der Waals surface area contributed by atoms with E-state index in [1.165, 1.54) is 0 Å². The molecule has 0 aromatic heterocycles. The van der Waals surface area contributed by atoms with Crippen molar-refractivity contribution in [3.63, 3.8) is 0 Å². The Labute approximate surface area is 132 Å². The first kappa shape index (κ1) is 20.0. The van der Waals surface area contributed by atoms with Gasteiger partial charge in [0.15, 0.2) is 0 Å². The molecule has 0 aromatic carbocycles. The standard InChI is InChI=1S/C17H33NO2Si/c1-13(2)18(14(3)4)16(19)20-15(21(8,9)10)11-12-17(5,6)7/h13-15H,1-10H3. The van der Waals surface area contributed by atoms with Crippen LogP contribution in [0.3, 0.4) is 0 Å². The molecule has 0 radical (unpaired) electrons. The maximum Gasteiger partial charge on any atom is 0.411 e. The molecule has 0 rings (SSSR count). The molecule has 0 heterocycles. The molecule has 3 nitrogen and oxygen atoms in total. The summed E-state index contributed by atoms with van der Waals surface area (Å²) in [4.78, 5) is 14.2. The highest BCUT2D eigenvalue weighted by atomic mass is 28.3. The van der Waals surface area contributed by atoms with E-state index in [-0.39, 0.29) is 29.3 Å². The van der Waals surface area contributed by atoms with Crippen LogP contribution in [0.25, 0.3) is 0 Å². The molecule has 0 bridgehead atoms. The van der Waals surface area contributed by atoms with E-state index < -0.39 is 8.07 Å². The Bertz CT molecular complexity index is 397. The van der Waals surface area contributed by atoms with Gasteiger partial charge in [-0.2, -0.15) is 0 Å². The topological polar surface area (TPSA) is 29.5 Å². The predicted octanol–water partition coefficient (Wildman–Crippen LogP) is 4.54. The summed E-state index contributed by atoms with van der Waals surface area (Å²) >= 11 is 0. The Morgan fingerprint density at radius 1 is 1.05 bits per heavy atom. The van der Waals surface area contributed by atoms with Crippen molar-refractivity contribution in [1.29, 1.82) is 0 Å². The lowest BCUT2D eigenvalue weighted by Crippen LogP contribution is -2.48. The number of nitrogens with zero attached hydrogens (tertiary/aromatic N) is 1. The van der Waals surface area contributed by atoms with E-state index in [1.807, 2.05) is 27.7 Å². The van der Waals surface area contributed by atoms with Gasteiger partial charge < -0.3 is 9.64 Å². The zero-order valence-electron chi connectivity index (χ0n) is 15.5. The number of ether oxygens (including phenoxy) is 1. The smallest absolute Gasteiger partial charge is 0.411 e. The summed E-state index contributed by atoms with van der Waals surface area (Å²) in [5.74, 6) is 6.43. The van der Waals surface area contributed by atoms with Crippen LogP contribution in [0.2, 0.25) is 19.6 Å². The lowest BCUT2D eigenvalue weighted by Gasteiger charge is -2.33. The summed E-state index contributed by atoms with van der Waals surface area (Å²) in [6.07, 6.45) is -0.254. The van der Waals surface area contributed by atoms with Crippen LogP contribution < -0.4 is 0 Å². The molecule has 1 atom stereocenters. The first-order chi connectivity index (χ1) is 9.25. The van der Waals surface area contributed by atoms with E-state index in [4.69, 9.17) is 4.74 Å². The number of rotatable bonds is 4. The molecule has 0 fully saturated rings. The van der Waals surface area contributed by atoms with Crippen LogP contribution in [0.1, 0.15) is 48.5 Å². The van der Waals surface area contributed by atoms with Crippen molar-refractivity contribution in [2.45, 2.75) is 85.9 Å². The van der Waals surface area contributed by atoms with Gasteiger partial charge in [-0.1, -0.05) is 31.5 Å². The second-order valence-corrected chi connectivity index (χ2v) is 13.5. The molecule has 21 heavy (non-hydrogen) atoms. The average Bonchev–Trinajstić information content (AvgIpc) is 2.19. The molecular formula is C17H33NO2Si. The molecule has 0 saturated carbocycles. The normalized spacial score (nSPS) is 13.7. The monoisotopic (exact) mass is 311 g/mol. The van der Waals surface area contributed by atoms with Crippen LogP contribution in [0.5, 0.6) is 0 Å². The Morgan fingerprint density at radius 2 is 1.48 bits per heavy atom. The van der Waals surface area contributed by atoms with Crippen molar-refractivity contribution >= 4 is 14.2 Å². The molecule has 1 amide bonds. The number of carbonyl (C=O) groups is 1. The largest absolute Gasteiger partial charge is 0.437 e. The van der Waals surface area contributed by atoms with Crippen molar-refractivity contribution in [3.05, 3.63) is 0 Å². The third-order valence-corrected chi connectivity index (χ3v) is 4.74. The van der Waals surface area contributed by atoms with Crippen molar-refractivity contribution in [2.75, 3.05) is 0 Å². The highest BCUT2D eigenvalue weighted by Gasteiger charge is 2.32. The molecular weight excluding hydrogens is 278 g/mol. The minimum atomic E-state index is -1.71. The molecule has 0 N–H and O–H groups in total. The third kappa shape index (κ3) is 7.57. The molecule has 0 aliphatic rings. The third-order valence-electron chi connectivity index (χ3n) is 2.91. The average molecular weight is 312 g/mol. The second kappa shape index (κ2) is 7.35. The Kier molecular flexibility index (Phi) is 7.02. The van der Waals surface area contributed by atoms with Gasteiger partial charge in [-0.15, -0.1) is 0 Å². The Hall–Kier alpha value is -0.953. The highest BCUT2D eigenvalue weighted by Crippen LogP contribution is 2.17. The van der Waals surface area contributed by atoms with Crippen molar-refractivity contribution in [2.24, 2.45) is 5.41 Å². The maximum absolute atomic E-state index is 12.5. The van der Waals surface area contributed by atoms with Gasteiger partial charge in [0, 0.05) is 17.5 Å². The summed E-state index contributed by atoms with van der Waals surface area (Å²) in [6, 6.07) is 0.241. The lowest BCUT2D eigenvalue weighted by atomic mass is 9.98. The van der Waals surface area contributed by atoms with Gasteiger partial charge in [0.1, 0.15) is 13.8 Å². The van der Waals surface area contributed by atoms with Crippen LogP contribution in [-0.4, -0.2) is 36.9 Å². The number of carbonyl (C=O) groups excluding carboxylic acids is 1. The minimum absolute atomic E-state index is 0.0832. The van der Waals surface area contributed by atoms with Gasteiger partial charge in [-0.05, 0) is 48.5 Å². The van der Waals surface area contributed by atoms with Crippen LogP contribution >= 0.6 is 0 Å². The molecule has 122 valence electrons. The van der Waals surface area contributed by atoms with E-state index >= 15 is 0 Å². The summed E-state index contributed by atoms with van der Waals surface area (Å²) in [6.45, 7) is 20.8. The van der Waals surface area contributed by atoms with Crippen LogP contribution in [-0.2, 0) is 4.74 Å². The SMILES string of the molecule is CC(C)N(C(=O)OC(C#CC(C)(C)C)[Si](C)(C)C)C(C)C. The predicted molar refractivity (Wildman–Crippen MR) is 93.0 cm³/mol. The molecule has 0 spiro atoms. The van der Waals surface area contributed by atoms with E-state index in [0.29, 0.717) is 0 Å². The molecule has 0 aliphatic carbocycles. The number of amides is 1. The second-order valence-electron chi connectivity index (χ2n) is 8.24. The Morgan fingerprint density at radius 3 is 1.76 bits per heavy atom. The van der Waals surface area contributed by atoms with Crippen LogP contribution in [0.15, 0.2) is 0 Å². The van der Waals surface area contributed by atoms with E-state index in [9.17, 15) is 4.79 Å². The summed E-state index contributed by atoms with van der Waals surface area (Å²) in [5.41, 5.74) is -0.357. The minimum Gasteiger partial charge on any atom is -0.437 e. The zero-order chi connectivity index (χ0) is 17.0. The number of hydrogen-bond acceptors (Lipinski definition) is 2. The number of hydrogen-bond donors (Lipinski definition) is 0. The maximum atomic E-state index is 12.5. The molecule has 0 aliphatic heterocycles. The summed E-state index contributed by atoms with van der Waals surface area (Å²) in [7, 11) is -1.71.